The zero-order chi connectivity index (χ0) is 15.4. The Kier molecular flexibility index (Phi) is 5.27. The number of likely N-dealkylation sites (N-methyl/N-ethyl adjacent to an activating group) is 1. The number of nitrogens with zero attached hydrogens (tertiary/aromatic N) is 5. The number of aliphatic hydroxyl groups excluding tert-OH is 1. The Bertz CT molecular complexity index is 482. The first-order valence-corrected chi connectivity index (χ1v) is 7.30. The highest BCUT2D eigenvalue weighted by Crippen LogP contribution is 2.11. The fourth-order valence-electron chi connectivity index (χ4n) is 2.64. The summed E-state index contributed by atoms with van der Waals surface area (Å²) in [6.45, 7) is 9.80. The van der Waals surface area contributed by atoms with Gasteiger partial charge in [0, 0.05) is 39.6 Å². The number of hydrogen-bond donors (Lipinski definition) is 1. The molecule has 1 aliphatic rings. The van der Waals surface area contributed by atoms with Gasteiger partial charge in [-0.2, -0.15) is 0 Å². The molecule has 21 heavy (non-hydrogen) atoms. The summed E-state index contributed by atoms with van der Waals surface area (Å²) in [4.78, 5) is 18.6. The number of hydrogen-bond acceptors (Lipinski definition) is 6. The summed E-state index contributed by atoms with van der Waals surface area (Å²) in [5.74, 6) is 0.382. The lowest BCUT2D eigenvalue weighted by Crippen LogP contribution is -2.48. The molecule has 0 aromatic carbocycles. The van der Waals surface area contributed by atoms with Crippen molar-refractivity contribution in [3.63, 3.8) is 0 Å². The van der Waals surface area contributed by atoms with Crippen molar-refractivity contribution in [3.8, 4) is 0 Å². The molecule has 2 heterocycles. The number of rotatable bonds is 6. The summed E-state index contributed by atoms with van der Waals surface area (Å²) >= 11 is 0. The van der Waals surface area contributed by atoms with Crippen LogP contribution in [0.3, 0.4) is 0 Å². The van der Waals surface area contributed by atoms with Crippen LogP contribution in [0.2, 0.25) is 0 Å². The lowest BCUT2D eigenvalue weighted by atomic mass is 10.2. The minimum atomic E-state index is -0.550. The van der Waals surface area contributed by atoms with Crippen molar-refractivity contribution in [1.29, 1.82) is 0 Å². The maximum Gasteiger partial charge on any atom is 0.381 e. The first-order valence-electron chi connectivity index (χ1n) is 7.30. The molecule has 1 atom stereocenters. The molecule has 2 rings (SSSR count). The van der Waals surface area contributed by atoms with Crippen LogP contribution < -0.4 is 0 Å². The average Bonchev–Trinajstić information content (AvgIpc) is 2.81. The lowest BCUT2D eigenvalue weighted by molar-refractivity contribution is -0.389. The third kappa shape index (κ3) is 4.23. The van der Waals surface area contributed by atoms with Gasteiger partial charge in [-0.05, 0) is 16.5 Å². The van der Waals surface area contributed by atoms with Crippen molar-refractivity contribution in [2.75, 3.05) is 39.3 Å². The van der Waals surface area contributed by atoms with Gasteiger partial charge in [0.1, 0.15) is 6.20 Å². The van der Waals surface area contributed by atoms with Crippen molar-refractivity contribution in [1.82, 2.24) is 19.4 Å². The van der Waals surface area contributed by atoms with Crippen LogP contribution in [0.4, 0.5) is 5.82 Å². The summed E-state index contributed by atoms with van der Waals surface area (Å²) in [7, 11) is 0. The molecule has 0 amide bonds. The molecule has 0 spiro atoms. The number of piperazine rings is 1. The van der Waals surface area contributed by atoms with E-state index in [1.807, 2.05) is 0 Å². The van der Waals surface area contributed by atoms with Gasteiger partial charge in [0.2, 0.25) is 5.82 Å². The van der Waals surface area contributed by atoms with Crippen LogP contribution in [-0.4, -0.2) is 74.8 Å². The first kappa shape index (κ1) is 15.9. The highest BCUT2D eigenvalue weighted by molar-refractivity contribution is 5.16. The van der Waals surface area contributed by atoms with E-state index in [0.717, 1.165) is 32.7 Å². The van der Waals surface area contributed by atoms with E-state index in [0.29, 0.717) is 18.9 Å². The van der Waals surface area contributed by atoms with Crippen LogP contribution in [0.15, 0.2) is 6.20 Å². The van der Waals surface area contributed by atoms with Gasteiger partial charge < -0.3 is 24.7 Å². The molecule has 8 nitrogen and oxygen atoms in total. The summed E-state index contributed by atoms with van der Waals surface area (Å²) in [6, 6.07) is 0. The Hall–Kier alpha value is -1.51. The number of imidazole rings is 1. The maximum absolute atomic E-state index is 10.7. The zero-order valence-electron chi connectivity index (χ0n) is 12.6. The Morgan fingerprint density at radius 2 is 1.95 bits per heavy atom. The normalized spacial score (nSPS) is 18.8. The molecule has 1 aromatic rings. The largest absolute Gasteiger partial charge is 0.390 e. The molecule has 0 radical (unpaired) electrons. The monoisotopic (exact) mass is 297 g/mol. The fourth-order valence-corrected chi connectivity index (χ4v) is 2.64. The quantitative estimate of drug-likeness (QED) is 0.592. The van der Waals surface area contributed by atoms with Gasteiger partial charge in [-0.15, -0.1) is 0 Å². The van der Waals surface area contributed by atoms with Gasteiger partial charge in [0.05, 0.1) is 12.6 Å². The minimum Gasteiger partial charge on any atom is -0.390 e. The molecular weight excluding hydrogens is 274 g/mol. The second kappa shape index (κ2) is 6.97. The van der Waals surface area contributed by atoms with Crippen molar-refractivity contribution in [2.24, 2.45) is 0 Å². The van der Waals surface area contributed by atoms with Crippen molar-refractivity contribution < 1.29 is 10.0 Å². The Balaban J connectivity index is 1.84. The van der Waals surface area contributed by atoms with E-state index in [1.165, 1.54) is 6.20 Å². The highest BCUT2D eigenvalue weighted by Gasteiger charge is 2.21. The molecule has 1 saturated heterocycles. The number of nitro groups is 1. The zero-order valence-corrected chi connectivity index (χ0v) is 12.6. The molecule has 1 N–H and O–H groups in total. The van der Waals surface area contributed by atoms with Crippen LogP contribution in [-0.2, 0) is 6.54 Å². The van der Waals surface area contributed by atoms with E-state index in [9.17, 15) is 15.2 Å². The summed E-state index contributed by atoms with van der Waals surface area (Å²) in [6.07, 6.45) is 0.832. The predicted molar refractivity (Wildman–Crippen MR) is 78.2 cm³/mol. The predicted octanol–water partition coefficient (Wildman–Crippen LogP) is 0.0981. The van der Waals surface area contributed by atoms with E-state index in [4.69, 9.17) is 0 Å². The lowest BCUT2D eigenvalue weighted by Gasteiger charge is -2.35. The number of aryl methyl sites for hydroxylation is 1. The van der Waals surface area contributed by atoms with Crippen LogP contribution in [0.5, 0.6) is 0 Å². The number of β-amino-alcohol motifs (C(OH)–C–C–N with tert-alkyl or cyclic N) is 1. The smallest absolute Gasteiger partial charge is 0.381 e. The molecular formula is C13H23N5O3. The van der Waals surface area contributed by atoms with Crippen molar-refractivity contribution >= 4 is 5.82 Å². The van der Waals surface area contributed by atoms with Crippen LogP contribution in [0.25, 0.3) is 0 Å². The minimum absolute atomic E-state index is 0.170. The number of aromatic nitrogens is 2. The Labute approximate surface area is 124 Å². The highest BCUT2D eigenvalue weighted by atomic mass is 16.6. The molecule has 0 aliphatic carbocycles. The fraction of sp³-hybridized carbons (Fsp3) is 0.769. The molecule has 1 unspecified atom stereocenters. The molecule has 0 bridgehead atoms. The molecule has 1 aliphatic heterocycles. The van der Waals surface area contributed by atoms with E-state index in [-0.39, 0.29) is 5.82 Å². The summed E-state index contributed by atoms with van der Waals surface area (Å²) < 4.78 is 1.64. The van der Waals surface area contributed by atoms with E-state index >= 15 is 0 Å². The van der Waals surface area contributed by atoms with Gasteiger partial charge in [0.15, 0.2) is 0 Å². The van der Waals surface area contributed by atoms with Crippen molar-refractivity contribution in [2.45, 2.75) is 26.5 Å². The number of aliphatic hydroxyl groups is 1. The van der Waals surface area contributed by atoms with Gasteiger partial charge in [0.25, 0.3) is 0 Å². The van der Waals surface area contributed by atoms with Gasteiger partial charge in [-0.25, -0.2) is 0 Å². The molecule has 1 fully saturated rings. The second-order valence-electron chi connectivity index (χ2n) is 5.44. The standard InChI is InChI=1S/C13H23N5O3/c1-3-15-4-6-16(7-5-15)8-12(19)9-17-10-13(18(20)21)14-11(17)2/h10,12,19H,3-9H2,1-2H3. The third-order valence-corrected chi connectivity index (χ3v) is 3.94. The van der Waals surface area contributed by atoms with Crippen LogP contribution >= 0.6 is 0 Å². The Morgan fingerprint density at radius 1 is 1.33 bits per heavy atom. The Morgan fingerprint density at radius 3 is 2.48 bits per heavy atom. The van der Waals surface area contributed by atoms with Gasteiger partial charge in [-0.3, -0.25) is 4.90 Å². The van der Waals surface area contributed by atoms with Crippen molar-refractivity contribution in [3.05, 3.63) is 22.1 Å². The third-order valence-electron chi connectivity index (χ3n) is 3.94. The van der Waals surface area contributed by atoms with E-state index in [2.05, 4.69) is 21.7 Å². The molecule has 8 heteroatoms. The van der Waals surface area contributed by atoms with Crippen LogP contribution in [0, 0.1) is 17.0 Å². The summed E-state index contributed by atoms with van der Waals surface area (Å²) in [5.41, 5.74) is 0. The molecule has 118 valence electrons. The van der Waals surface area contributed by atoms with E-state index < -0.39 is 11.0 Å². The summed E-state index contributed by atoms with van der Waals surface area (Å²) in [5, 5.41) is 20.9. The molecule has 1 aromatic heterocycles. The first-order chi connectivity index (χ1) is 9.99. The van der Waals surface area contributed by atoms with Crippen LogP contribution in [0.1, 0.15) is 12.7 Å². The second-order valence-corrected chi connectivity index (χ2v) is 5.44. The topological polar surface area (TPSA) is 87.7 Å². The van der Waals surface area contributed by atoms with Gasteiger partial charge >= 0.3 is 5.82 Å². The SMILES string of the molecule is CCN1CCN(CC(O)Cn2cc([N+](=O)[O-])nc2C)CC1. The van der Waals surface area contributed by atoms with Gasteiger partial charge in [-0.1, -0.05) is 6.92 Å². The molecule has 0 saturated carbocycles. The van der Waals surface area contributed by atoms with E-state index in [1.54, 1.807) is 11.5 Å². The maximum atomic E-state index is 10.7. The average molecular weight is 297 g/mol.